The highest BCUT2D eigenvalue weighted by molar-refractivity contribution is 7.89. The van der Waals surface area contributed by atoms with Gasteiger partial charge in [0, 0.05) is 12.6 Å². The van der Waals surface area contributed by atoms with Crippen molar-refractivity contribution >= 4 is 22.0 Å². The van der Waals surface area contributed by atoms with Crippen LogP contribution in [0.1, 0.15) is 36.7 Å². The van der Waals surface area contributed by atoms with Crippen molar-refractivity contribution in [2.75, 3.05) is 13.7 Å². The van der Waals surface area contributed by atoms with Gasteiger partial charge in [-0.3, -0.25) is 0 Å². The van der Waals surface area contributed by atoms with Crippen LogP contribution < -0.4 is 4.72 Å². The van der Waals surface area contributed by atoms with E-state index in [0.29, 0.717) is 0 Å². The van der Waals surface area contributed by atoms with E-state index in [-0.39, 0.29) is 17.0 Å². The number of hydrogen-bond donors (Lipinski definition) is 1. The van der Waals surface area contributed by atoms with Gasteiger partial charge < -0.3 is 9.47 Å². The Hall–Kier alpha value is -2.19. The number of carbonyl (C=O) groups excluding carboxylic acids is 2. The minimum Gasteiger partial charge on any atom is -0.466 e. The number of aryl methyl sites for hydroxylation is 1. The summed E-state index contributed by atoms with van der Waals surface area (Å²) in [5.74, 6) is -1.31. The standard InChI is InChI=1S/C17H23NO6S/c1-12-8-9-14(13(11-12)16(20)24-17(2,3)4)25(21,22)18-10-6-7-15(19)23-5/h6-9,11,18H,10H2,1-5H3/b7-6+. The number of benzene rings is 1. The van der Waals surface area contributed by atoms with Gasteiger partial charge in [0.25, 0.3) is 0 Å². The van der Waals surface area contributed by atoms with Gasteiger partial charge in [-0.1, -0.05) is 17.7 Å². The zero-order valence-electron chi connectivity index (χ0n) is 15.0. The molecule has 0 spiro atoms. The molecule has 0 aliphatic heterocycles. The molecule has 0 fully saturated rings. The summed E-state index contributed by atoms with van der Waals surface area (Å²) in [6.07, 6.45) is 2.41. The molecule has 1 N–H and O–H groups in total. The average Bonchev–Trinajstić information content (AvgIpc) is 2.49. The maximum atomic E-state index is 12.5. The normalized spacial score (nSPS) is 12.2. The number of nitrogens with one attached hydrogen (secondary N) is 1. The lowest BCUT2D eigenvalue weighted by molar-refractivity contribution is -0.134. The van der Waals surface area contributed by atoms with Crippen LogP contribution in [-0.2, 0) is 24.3 Å². The molecule has 1 aromatic rings. The first-order valence-corrected chi connectivity index (χ1v) is 9.03. The zero-order chi connectivity index (χ0) is 19.3. The SMILES string of the molecule is COC(=O)/C=C/CNS(=O)(=O)c1ccc(C)cc1C(=O)OC(C)(C)C. The minimum absolute atomic E-state index is 0.0422. The Morgan fingerprint density at radius 1 is 1.24 bits per heavy atom. The summed E-state index contributed by atoms with van der Waals surface area (Å²) in [4.78, 5) is 23.1. The first kappa shape index (κ1) is 20.9. The third-order valence-corrected chi connectivity index (χ3v) is 4.37. The molecule has 0 aliphatic carbocycles. The lowest BCUT2D eigenvalue weighted by Gasteiger charge is -2.20. The van der Waals surface area contributed by atoms with Gasteiger partial charge >= 0.3 is 11.9 Å². The van der Waals surface area contributed by atoms with Crippen LogP contribution in [0.25, 0.3) is 0 Å². The van der Waals surface area contributed by atoms with Gasteiger partial charge in [-0.25, -0.2) is 22.7 Å². The smallest absolute Gasteiger partial charge is 0.340 e. The number of carbonyl (C=O) groups is 2. The van der Waals surface area contributed by atoms with Crippen LogP contribution >= 0.6 is 0 Å². The van der Waals surface area contributed by atoms with Gasteiger partial charge in [0.05, 0.1) is 17.6 Å². The van der Waals surface area contributed by atoms with Gasteiger partial charge in [0.2, 0.25) is 10.0 Å². The van der Waals surface area contributed by atoms with Crippen LogP contribution in [0.4, 0.5) is 0 Å². The number of sulfonamides is 1. The second kappa shape index (κ2) is 8.26. The Labute approximate surface area is 148 Å². The highest BCUT2D eigenvalue weighted by atomic mass is 32.2. The van der Waals surface area contributed by atoms with E-state index in [1.165, 1.54) is 25.3 Å². The van der Waals surface area contributed by atoms with E-state index in [1.807, 2.05) is 0 Å². The van der Waals surface area contributed by atoms with Crippen molar-refractivity contribution in [3.05, 3.63) is 41.5 Å². The van der Waals surface area contributed by atoms with Gasteiger partial charge in [0.15, 0.2) is 0 Å². The van der Waals surface area contributed by atoms with E-state index in [4.69, 9.17) is 4.74 Å². The van der Waals surface area contributed by atoms with E-state index < -0.39 is 27.6 Å². The Bertz CT molecular complexity index is 775. The fraction of sp³-hybridized carbons (Fsp3) is 0.412. The molecule has 8 heteroatoms. The third-order valence-electron chi connectivity index (χ3n) is 2.89. The predicted octanol–water partition coefficient (Wildman–Crippen LogP) is 1.96. The molecule has 0 heterocycles. The molecule has 7 nitrogen and oxygen atoms in total. The molecule has 138 valence electrons. The monoisotopic (exact) mass is 369 g/mol. The van der Waals surface area contributed by atoms with E-state index in [1.54, 1.807) is 33.8 Å². The molecule has 0 aromatic heterocycles. The summed E-state index contributed by atoms with van der Waals surface area (Å²) in [5.41, 5.74) is -0.0665. The lowest BCUT2D eigenvalue weighted by Crippen LogP contribution is -2.28. The van der Waals surface area contributed by atoms with Crippen LogP contribution in [-0.4, -0.2) is 39.6 Å². The molecule has 1 rings (SSSR count). The van der Waals surface area contributed by atoms with Crippen LogP contribution in [0.15, 0.2) is 35.2 Å². The second-order valence-corrected chi connectivity index (χ2v) is 8.01. The summed E-state index contributed by atoms with van der Waals surface area (Å²) >= 11 is 0. The Morgan fingerprint density at radius 2 is 1.88 bits per heavy atom. The van der Waals surface area contributed by atoms with E-state index in [0.717, 1.165) is 11.6 Å². The van der Waals surface area contributed by atoms with E-state index in [2.05, 4.69) is 9.46 Å². The van der Waals surface area contributed by atoms with Gasteiger partial charge in [-0.05, 0) is 39.8 Å². The molecule has 0 atom stereocenters. The highest BCUT2D eigenvalue weighted by Gasteiger charge is 2.26. The van der Waals surface area contributed by atoms with E-state index in [9.17, 15) is 18.0 Å². The summed E-state index contributed by atoms with van der Waals surface area (Å²) in [7, 11) is -2.75. The topological polar surface area (TPSA) is 98.8 Å². The predicted molar refractivity (Wildman–Crippen MR) is 92.7 cm³/mol. The number of esters is 2. The summed E-state index contributed by atoms with van der Waals surface area (Å²) < 4.78 is 37.0. The Morgan fingerprint density at radius 3 is 2.44 bits per heavy atom. The van der Waals surface area contributed by atoms with E-state index >= 15 is 0 Å². The maximum absolute atomic E-state index is 12.5. The van der Waals surface area contributed by atoms with Crippen molar-refractivity contribution in [1.82, 2.24) is 4.72 Å². The number of ether oxygens (including phenoxy) is 2. The van der Waals surface area contributed by atoms with Crippen LogP contribution in [0, 0.1) is 6.92 Å². The highest BCUT2D eigenvalue weighted by Crippen LogP contribution is 2.21. The number of rotatable bonds is 6. The third kappa shape index (κ3) is 6.67. The van der Waals surface area contributed by atoms with Crippen molar-refractivity contribution in [2.45, 2.75) is 38.2 Å². The summed E-state index contributed by atoms with van der Waals surface area (Å²) in [6, 6.07) is 4.40. The van der Waals surface area contributed by atoms with Crippen molar-refractivity contribution in [3.8, 4) is 0 Å². The first-order valence-electron chi connectivity index (χ1n) is 7.54. The zero-order valence-corrected chi connectivity index (χ0v) is 15.8. The van der Waals surface area contributed by atoms with Crippen molar-refractivity contribution in [2.24, 2.45) is 0 Å². The van der Waals surface area contributed by atoms with Gasteiger partial charge in [-0.15, -0.1) is 0 Å². The molecule has 0 bridgehead atoms. The fourth-order valence-electron chi connectivity index (χ4n) is 1.83. The molecular weight excluding hydrogens is 346 g/mol. The van der Waals surface area contributed by atoms with Gasteiger partial charge in [-0.2, -0.15) is 0 Å². The molecule has 0 radical (unpaired) electrons. The first-order chi connectivity index (χ1) is 11.5. The molecule has 0 unspecified atom stereocenters. The minimum atomic E-state index is -3.97. The van der Waals surface area contributed by atoms with Crippen LogP contribution in [0.3, 0.4) is 0 Å². The van der Waals surface area contributed by atoms with Crippen molar-refractivity contribution in [1.29, 1.82) is 0 Å². The van der Waals surface area contributed by atoms with Crippen LogP contribution in [0.5, 0.6) is 0 Å². The molecule has 1 aromatic carbocycles. The molecular formula is C17H23NO6S. The molecule has 0 amide bonds. The number of methoxy groups -OCH3 is 1. The maximum Gasteiger partial charge on any atom is 0.340 e. The Kier molecular flexibility index (Phi) is 6.89. The van der Waals surface area contributed by atoms with Gasteiger partial charge in [0.1, 0.15) is 5.60 Å². The molecule has 0 saturated heterocycles. The van der Waals surface area contributed by atoms with Crippen molar-refractivity contribution < 1.29 is 27.5 Å². The number of hydrogen-bond acceptors (Lipinski definition) is 6. The fourth-order valence-corrected chi connectivity index (χ4v) is 2.98. The molecule has 25 heavy (non-hydrogen) atoms. The molecule has 0 aliphatic rings. The average molecular weight is 369 g/mol. The largest absolute Gasteiger partial charge is 0.466 e. The van der Waals surface area contributed by atoms with Crippen molar-refractivity contribution in [3.63, 3.8) is 0 Å². The molecule has 0 saturated carbocycles. The summed E-state index contributed by atoms with van der Waals surface area (Å²) in [6.45, 7) is 6.72. The lowest BCUT2D eigenvalue weighted by atomic mass is 10.1. The second-order valence-electron chi connectivity index (χ2n) is 6.28. The quantitative estimate of drug-likeness (QED) is 0.608. The van der Waals surface area contributed by atoms with Crippen LogP contribution in [0.2, 0.25) is 0 Å². The Balaban J connectivity index is 3.08. The summed E-state index contributed by atoms with van der Waals surface area (Å²) in [5, 5.41) is 0.